The predicted molar refractivity (Wildman–Crippen MR) is 83.7 cm³/mol. The van der Waals surface area contributed by atoms with E-state index in [0.717, 1.165) is 18.6 Å². The summed E-state index contributed by atoms with van der Waals surface area (Å²) in [6.07, 6.45) is 0.734. The van der Waals surface area contributed by atoms with Crippen LogP contribution in [0.5, 0.6) is 5.75 Å². The normalized spacial score (nSPS) is 15.0. The third-order valence-electron chi connectivity index (χ3n) is 3.77. The molecule has 0 bridgehead atoms. The molecule has 0 aromatic heterocycles. The van der Waals surface area contributed by atoms with Gasteiger partial charge in [0, 0.05) is 39.2 Å². The van der Waals surface area contributed by atoms with Crippen molar-refractivity contribution in [3.63, 3.8) is 0 Å². The summed E-state index contributed by atoms with van der Waals surface area (Å²) in [7, 11) is 0. The maximum Gasteiger partial charge on any atom is 0.317 e. The zero-order chi connectivity index (χ0) is 17.5. The van der Waals surface area contributed by atoms with Crippen molar-refractivity contribution in [1.29, 1.82) is 0 Å². The van der Waals surface area contributed by atoms with Crippen LogP contribution >= 0.6 is 0 Å². The molecule has 1 fully saturated rings. The lowest BCUT2D eigenvalue weighted by molar-refractivity contribution is -0.128. The van der Waals surface area contributed by atoms with Gasteiger partial charge in [0.15, 0.2) is 11.6 Å². The first-order valence-electron chi connectivity index (χ1n) is 7.83. The summed E-state index contributed by atoms with van der Waals surface area (Å²) in [5, 5.41) is 2.71. The molecule has 0 saturated carbocycles. The summed E-state index contributed by atoms with van der Waals surface area (Å²) < 4.78 is 31.1. The molecule has 6 nitrogen and oxygen atoms in total. The van der Waals surface area contributed by atoms with Crippen molar-refractivity contribution in [2.45, 2.75) is 13.3 Å². The average molecular weight is 341 g/mol. The number of ether oxygens (including phenoxy) is 1. The lowest BCUT2D eigenvalue weighted by Crippen LogP contribution is -2.43. The Morgan fingerprint density at radius 1 is 1.12 bits per heavy atom. The van der Waals surface area contributed by atoms with Crippen molar-refractivity contribution in [3.05, 3.63) is 29.8 Å². The summed E-state index contributed by atoms with van der Waals surface area (Å²) >= 11 is 0. The van der Waals surface area contributed by atoms with Crippen molar-refractivity contribution < 1.29 is 23.1 Å². The fourth-order valence-electron chi connectivity index (χ4n) is 2.44. The minimum Gasteiger partial charge on any atom is -0.492 e. The summed E-state index contributed by atoms with van der Waals surface area (Å²) in [5.74, 6) is -1.69. The molecule has 8 heteroatoms. The molecule has 0 atom stereocenters. The van der Waals surface area contributed by atoms with Crippen molar-refractivity contribution in [2.75, 3.05) is 39.3 Å². The number of hydrogen-bond donors (Lipinski definition) is 1. The van der Waals surface area contributed by atoms with E-state index in [-0.39, 0.29) is 30.8 Å². The summed E-state index contributed by atoms with van der Waals surface area (Å²) in [6, 6.07) is 3.05. The molecule has 1 aromatic rings. The van der Waals surface area contributed by atoms with Gasteiger partial charge in [-0.25, -0.2) is 13.6 Å². The standard InChI is InChI=1S/C16H21F2N3O3/c1-12(22)20-6-2-7-21(9-8-20)16(23)19-5-10-24-13-3-4-14(17)15(18)11-13/h3-4,11H,2,5-10H2,1H3,(H,19,23). The highest BCUT2D eigenvalue weighted by molar-refractivity contribution is 5.75. The van der Waals surface area contributed by atoms with Crippen molar-refractivity contribution in [1.82, 2.24) is 15.1 Å². The van der Waals surface area contributed by atoms with E-state index in [9.17, 15) is 18.4 Å². The number of rotatable bonds is 4. The van der Waals surface area contributed by atoms with Crippen molar-refractivity contribution in [2.24, 2.45) is 0 Å². The van der Waals surface area contributed by atoms with E-state index < -0.39 is 11.6 Å². The van der Waals surface area contributed by atoms with Crippen molar-refractivity contribution in [3.8, 4) is 5.75 Å². The number of carbonyl (C=O) groups is 2. The minimum atomic E-state index is -0.976. The van der Waals surface area contributed by atoms with Gasteiger partial charge in [0.25, 0.3) is 0 Å². The molecule has 1 N–H and O–H groups in total. The van der Waals surface area contributed by atoms with Gasteiger partial charge in [0.05, 0.1) is 6.54 Å². The van der Waals surface area contributed by atoms with Gasteiger partial charge >= 0.3 is 6.03 Å². The second-order valence-electron chi connectivity index (χ2n) is 5.50. The number of hydrogen-bond acceptors (Lipinski definition) is 3. The Morgan fingerprint density at radius 3 is 2.54 bits per heavy atom. The van der Waals surface area contributed by atoms with E-state index in [0.29, 0.717) is 26.2 Å². The summed E-state index contributed by atoms with van der Waals surface area (Å²) in [6.45, 7) is 4.14. The van der Waals surface area contributed by atoms with Crippen LogP contribution in [0.25, 0.3) is 0 Å². The molecule has 3 amide bonds. The molecule has 132 valence electrons. The molecular weight excluding hydrogens is 320 g/mol. The molecule has 0 radical (unpaired) electrons. The summed E-state index contributed by atoms with van der Waals surface area (Å²) in [4.78, 5) is 26.8. The van der Waals surface area contributed by atoms with Crippen LogP contribution in [0.3, 0.4) is 0 Å². The first kappa shape index (κ1) is 18.0. The number of carbonyl (C=O) groups excluding carboxylic acids is 2. The molecule has 1 aliphatic heterocycles. The zero-order valence-corrected chi connectivity index (χ0v) is 13.6. The van der Waals surface area contributed by atoms with Crippen LogP contribution in [0.4, 0.5) is 13.6 Å². The van der Waals surface area contributed by atoms with Crippen LogP contribution in [0, 0.1) is 11.6 Å². The van der Waals surface area contributed by atoms with E-state index in [1.807, 2.05) is 0 Å². The van der Waals surface area contributed by atoms with Gasteiger partial charge < -0.3 is 19.9 Å². The Labute approximate surface area is 139 Å². The van der Waals surface area contributed by atoms with Gasteiger partial charge in [0.2, 0.25) is 5.91 Å². The maximum absolute atomic E-state index is 13.0. The predicted octanol–water partition coefficient (Wildman–Crippen LogP) is 1.61. The molecule has 1 saturated heterocycles. The van der Waals surface area contributed by atoms with Crippen LogP contribution in [0.15, 0.2) is 18.2 Å². The highest BCUT2D eigenvalue weighted by Gasteiger charge is 2.19. The first-order chi connectivity index (χ1) is 11.5. The quantitative estimate of drug-likeness (QED) is 0.847. The Morgan fingerprint density at radius 2 is 1.83 bits per heavy atom. The Balaban J connectivity index is 1.71. The molecule has 1 heterocycles. The third-order valence-corrected chi connectivity index (χ3v) is 3.77. The van der Waals surface area contributed by atoms with Crippen LogP contribution in [-0.2, 0) is 4.79 Å². The number of nitrogens with one attached hydrogen (secondary N) is 1. The van der Waals surface area contributed by atoms with Crippen LogP contribution in [0.2, 0.25) is 0 Å². The lowest BCUT2D eigenvalue weighted by atomic mass is 10.3. The number of nitrogens with zero attached hydrogens (tertiary/aromatic N) is 2. The van der Waals surface area contributed by atoms with E-state index >= 15 is 0 Å². The second-order valence-corrected chi connectivity index (χ2v) is 5.50. The fourth-order valence-corrected chi connectivity index (χ4v) is 2.44. The number of amides is 3. The SMILES string of the molecule is CC(=O)N1CCCN(C(=O)NCCOc2ccc(F)c(F)c2)CC1. The average Bonchev–Trinajstić information content (AvgIpc) is 2.81. The van der Waals surface area contributed by atoms with Crippen LogP contribution < -0.4 is 10.1 Å². The minimum absolute atomic E-state index is 0.0113. The van der Waals surface area contributed by atoms with E-state index in [4.69, 9.17) is 4.74 Å². The molecule has 2 rings (SSSR count). The Bertz CT molecular complexity index is 598. The highest BCUT2D eigenvalue weighted by atomic mass is 19.2. The van der Waals surface area contributed by atoms with Gasteiger partial charge in [0.1, 0.15) is 12.4 Å². The van der Waals surface area contributed by atoms with Crippen LogP contribution in [-0.4, -0.2) is 61.1 Å². The Hall–Kier alpha value is -2.38. The number of benzene rings is 1. The van der Waals surface area contributed by atoms with Gasteiger partial charge in [-0.15, -0.1) is 0 Å². The fraction of sp³-hybridized carbons (Fsp3) is 0.500. The number of halogens is 2. The monoisotopic (exact) mass is 341 g/mol. The number of urea groups is 1. The molecule has 0 spiro atoms. The second kappa shape index (κ2) is 8.47. The van der Waals surface area contributed by atoms with E-state index in [1.54, 1.807) is 9.80 Å². The van der Waals surface area contributed by atoms with Gasteiger partial charge in [-0.1, -0.05) is 0 Å². The van der Waals surface area contributed by atoms with E-state index in [1.165, 1.54) is 13.0 Å². The van der Waals surface area contributed by atoms with Gasteiger partial charge in [-0.2, -0.15) is 0 Å². The molecule has 1 aromatic carbocycles. The summed E-state index contributed by atoms with van der Waals surface area (Å²) in [5.41, 5.74) is 0. The topological polar surface area (TPSA) is 61.9 Å². The maximum atomic E-state index is 13.0. The third kappa shape index (κ3) is 5.07. The lowest BCUT2D eigenvalue weighted by Gasteiger charge is -2.21. The van der Waals surface area contributed by atoms with Crippen molar-refractivity contribution >= 4 is 11.9 Å². The zero-order valence-electron chi connectivity index (χ0n) is 13.6. The van der Waals surface area contributed by atoms with Crippen LogP contribution in [0.1, 0.15) is 13.3 Å². The van der Waals surface area contributed by atoms with E-state index in [2.05, 4.69) is 5.32 Å². The molecule has 24 heavy (non-hydrogen) atoms. The molecular formula is C16H21F2N3O3. The largest absolute Gasteiger partial charge is 0.492 e. The molecule has 0 aliphatic carbocycles. The molecule has 1 aliphatic rings. The Kier molecular flexibility index (Phi) is 6.34. The first-order valence-corrected chi connectivity index (χ1v) is 7.83. The smallest absolute Gasteiger partial charge is 0.317 e. The van der Waals surface area contributed by atoms with Gasteiger partial charge in [-0.05, 0) is 18.6 Å². The highest BCUT2D eigenvalue weighted by Crippen LogP contribution is 2.15. The molecule has 0 unspecified atom stereocenters. The van der Waals surface area contributed by atoms with Gasteiger partial charge in [-0.3, -0.25) is 4.79 Å².